The summed E-state index contributed by atoms with van der Waals surface area (Å²) in [7, 11) is 0. The summed E-state index contributed by atoms with van der Waals surface area (Å²) in [6.45, 7) is 4.69. The third-order valence-corrected chi connectivity index (χ3v) is 12.2. The average Bonchev–Trinajstić information content (AvgIpc) is 3.90. The number of rotatable bonds is 9. The van der Waals surface area contributed by atoms with Crippen LogP contribution >= 0.6 is 0 Å². The van der Waals surface area contributed by atoms with Crippen LogP contribution in [0.2, 0.25) is 0 Å². The molecule has 9 aromatic carbocycles. The Bertz CT molecular complexity index is 3610. The Kier molecular flexibility index (Phi) is 10.5. The Labute approximate surface area is 382 Å². The minimum atomic E-state index is 0.337. The van der Waals surface area contributed by atoms with E-state index in [-0.39, 0.29) is 0 Å². The standard InChI is InChI=1S/C59H44N6O/c1-61-58(45-23-12-5-13-24-45)63-59(62-38-40-29-31-44(32-30-40)42-19-8-3-9-20-42)65-53-36-34-50(60)57(66-39-41-17-6-2-7-18-41)55(53)48-26-16-28-54(56(48)65)64-51-27-15-14-25-47(51)49-37-46(33-35-52(49)64)43-21-10-4-11-22-43/h2-37H,1,38-39,60H2/b62-59?,63-58-. The van der Waals surface area contributed by atoms with E-state index >= 15 is 0 Å². The van der Waals surface area contributed by atoms with Crippen LogP contribution in [-0.2, 0) is 13.2 Å². The lowest BCUT2D eigenvalue weighted by Gasteiger charge is -2.15. The van der Waals surface area contributed by atoms with Crippen LogP contribution in [0.15, 0.2) is 233 Å². The minimum absolute atomic E-state index is 0.337. The van der Waals surface area contributed by atoms with Gasteiger partial charge in [-0.2, -0.15) is 4.99 Å². The highest BCUT2D eigenvalue weighted by atomic mass is 16.5. The maximum atomic E-state index is 6.92. The Hall–Kier alpha value is -8.81. The third-order valence-electron chi connectivity index (χ3n) is 12.2. The fraction of sp³-hybridized carbons (Fsp3) is 0.0339. The molecule has 0 amide bonds. The summed E-state index contributed by atoms with van der Waals surface area (Å²) in [5, 5.41) is 4.09. The highest BCUT2D eigenvalue weighted by Gasteiger charge is 2.25. The van der Waals surface area contributed by atoms with Crippen LogP contribution in [0, 0.1) is 0 Å². The van der Waals surface area contributed by atoms with Gasteiger partial charge in [0.2, 0.25) is 5.96 Å². The normalized spacial score (nSPS) is 12.1. The van der Waals surface area contributed by atoms with Crippen LogP contribution in [0.4, 0.5) is 5.69 Å². The molecule has 7 nitrogen and oxygen atoms in total. The molecule has 0 spiro atoms. The second-order valence-corrected chi connectivity index (χ2v) is 16.3. The molecule has 2 aromatic heterocycles. The fourth-order valence-electron chi connectivity index (χ4n) is 9.06. The van der Waals surface area contributed by atoms with E-state index in [0.29, 0.717) is 36.4 Å². The van der Waals surface area contributed by atoms with Gasteiger partial charge in [0.1, 0.15) is 6.61 Å². The van der Waals surface area contributed by atoms with Crippen molar-refractivity contribution in [3.63, 3.8) is 0 Å². The molecule has 0 saturated heterocycles. The Balaban J connectivity index is 1.19. The number of nitrogens with zero attached hydrogens (tertiary/aromatic N) is 5. The van der Waals surface area contributed by atoms with Crippen LogP contribution in [0.1, 0.15) is 16.7 Å². The second kappa shape index (κ2) is 17.4. The van der Waals surface area contributed by atoms with Gasteiger partial charge in [-0.1, -0.05) is 182 Å². The van der Waals surface area contributed by atoms with Gasteiger partial charge in [0.05, 0.1) is 45.4 Å². The van der Waals surface area contributed by atoms with Crippen molar-refractivity contribution in [2.75, 3.05) is 5.73 Å². The molecule has 66 heavy (non-hydrogen) atoms. The molecular formula is C59H44N6O. The highest BCUT2D eigenvalue weighted by Crippen LogP contribution is 2.44. The van der Waals surface area contributed by atoms with Crippen molar-refractivity contribution in [2.24, 2.45) is 15.0 Å². The van der Waals surface area contributed by atoms with E-state index in [0.717, 1.165) is 88.2 Å². The quantitative estimate of drug-likeness (QED) is 0.0891. The van der Waals surface area contributed by atoms with Crippen LogP contribution < -0.4 is 10.5 Å². The van der Waals surface area contributed by atoms with Crippen molar-refractivity contribution >= 4 is 67.8 Å². The molecule has 0 aliphatic carbocycles. The number of benzene rings is 9. The zero-order chi connectivity index (χ0) is 44.4. The number of amidine groups is 1. The van der Waals surface area contributed by atoms with Gasteiger partial charge in [-0.25, -0.2) is 9.98 Å². The number of para-hydroxylation sites is 2. The molecular weight excluding hydrogens is 809 g/mol. The molecule has 316 valence electrons. The van der Waals surface area contributed by atoms with E-state index in [9.17, 15) is 0 Å². The molecule has 0 atom stereocenters. The number of hydrogen-bond acceptors (Lipinski definition) is 3. The lowest BCUT2D eigenvalue weighted by atomic mass is 10.0. The zero-order valence-corrected chi connectivity index (χ0v) is 36.1. The first-order chi connectivity index (χ1) is 32.6. The summed E-state index contributed by atoms with van der Waals surface area (Å²) < 4.78 is 11.3. The molecule has 0 unspecified atom stereocenters. The molecule has 0 radical (unpaired) electrons. The summed E-state index contributed by atoms with van der Waals surface area (Å²) in [5.74, 6) is 1.48. The van der Waals surface area contributed by atoms with Crippen molar-refractivity contribution in [1.29, 1.82) is 0 Å². The van der Waals surface area contributed by atoms with Crippen LogP contribution in [0.25, 0.3) is 71.6 Å². The monoisotopic (exact) mass is 852 g/mol. The highest BCUT2D eigenvalue weighted by molar-refractivity contribution is 6.22. The number of hydrogen-bond donors (Lipinski definition) is 1. The van der Waals surface area contributed by atoms with Crippen molar-refractivity contribution < 1.29 is 4.74 Å². The van der Waals surface area contributed by atoms with Crippen molar-refractivity contribution in [3.05, 3.63) is 235 Å². The molecule has 7 heteroatoms. The Morgan fingerprint density at radius 1 is 0.515 bits per heavy atom. The predicted octanol–water partition coefficient (Wildman–Crippen LogP) is 13.9. The van der Waals surface area contributed by atoms with Gasteiger partial charge in [-0.15, -0.1) is 0 Å². The summed E-state index contributed by atoms with van der Waals surface area (Å²) in [4.78, 5) is 15.3. The number of anilines is 1. The van der Waals surface area contributed by atoms with E-state index in [1.54, 1.807) is 0 Å². The lowest BCUT2D eigenvalue weighted by Crippen LogP contribution is -2.14. The zero-order valence-electron chi connectivity index (χ0n) is 36.1. The van der Waals surface area contributed by atoms with Crippen molar-refractivity contribution in [3.8, 4) is 33.7 Å². The molecule has 0 bridgehead atoms. The maximum Gasteiger partial charge on any atom is 0.232 e. The molecule has 2 N–H and O–H groups in total. The minimum Gasteiger partial charge on any atom is -0.486 e. The first kappa shape index (κ1) is 40.0. The third kappa shape index (κ3) is 7.38. The van der Waals surface area contributed by atoms with Gasteiger partial charge >= 0.3 is 0 Å². The van der Waals surface area contributed by atoms with Gasteiger partial charge < -0.3 is 15.0 Å². The summed E-state index contributed by atoms with van der Waals surface area (Å²) in [6, 6.07) is 75.3. The van der Waals surface area contributed by atoms with Gasteiger partial charge in [0, 0.05) is 21.7 Å². The summed E-state index contributed by atoms with van der Waals surface area (Å²) >= 11 is 0. The average molecular weight is 853 g/mol. The van der Waals surface area contributed by atoms with E-state index in [2.05, 4.69) is 173 Å². The van der Waals surface area contributed by atoms with Gasteiger partial charge in [-0.3, -0.25) is 4.57 Å². The van der Waals surface area contributed by atoms with E-state index in [4.69, 9.17) is 20.5 Å². The first-order valence-corrected chi connectivity index (χ1v) is 22.0. The van der Waals surface area contributed by atoms with E-state index in [1.165, 1.54) is 0 Å². The van der Waals surface area contributed by atoms with Gasteiger partial charge in [-0.05, 0) is 76.5 Å². The molecule has 0 aliphatic rings. The van der Waals surface area contributed by atoms with Crippen molar-refractivity contribution in [2.45, 2.75) is 13.2 Å². The number of aliphatic imine (C=N–C) groups is 3. The summed E-state index contributed by atoms with van der Waals surface area (Å²) in [6.07, 6.45) is 0. The number of nitrogens with two attached hydrogens (primary N) is 1. The number of aromatic nitrogens is 2. The second-order valence-electron chi connectivity index (χ2n) is 16.3. The van der Waals surface area contributed by atoms with Crippen molar-refractivity contribution in [1.82, 2.24) is 9.13 Å². The topological polar surface area (TPSA) is 82.2 Å². The predicted molar refractivity (Wildman–Crippen MR) is 275 cm³/mol. The van der Waals surface area contributed by atoms with Crippen LogP contribution in [0.3, 0.4) is 0 Å². The Morgan fingerprint density at radius 2 is 1.11 bits per heavy atom. The number of nitrogen functional groups attached to an aromatic ring is 1. The largest absolute Gasteiger partial charge is 0.486 e. The van der Waals surface area contributed by atoms with Gasteiger partial charge in [0.15, 0.2) is 11.6 Å². The molecule has 0 saturated carbocycles. The smallest absolute Gasteiger partial charge is 0.232 e. The SMILES string of the molecule is C=N/C(=N\C(=NCc1ccc(-c2ccccc2)cc1)n1c2ccc(N)c(OCc3ccccc3)c2c2cccc(-n3c4ccccc4c4cc(-c5ccccc5)ccc43)c21)c1ccccc1. The lowest BCUT2D eigenvalue weighted by molar-refractivity contribution is 0.312. The fourth-order valence-corrected chi connectivity index (χ4v) is 9.06. The molecule has 0 fully saturated rings. The molecule has 11 rings (SSSR count). The molecule has 0 aliphatic heterocycles. The van der Waals surface area contributed by atoms with Crippen LogP contribution in [0.5, 0.6) is 5.75 Å². The first-order valence-electron chi connectivity index (χ1n) is 22.0. The molecule has 11 aromatic rings. The number of ether oxygens (including phenoxy) is 1. The van der Waals surface area contributed by atoms with E-state index < -0.39 is 0 Å². The summed E-state index contributed by atoms with van der Waals surface area (Å²) in [5.41, 5.74) is 19.8. The Morgan fingerprint density at radius 3 is 1.83 bits per heavy atom. The maximum absolute atomic E-state index is 6.92. The van der Waals surface area contributed by atoms with Gasteiger partial charge in [0.25, 0.3) is 0 Å². The van der Waals surface area contributed by atoms with E-state index in [1.807, 2.05) is 66.7 Å². The molecule has 2 heterocycles. The van der Waals surface area contributed by atoms with Crippen LogP contribution in [-0.4, -0.2) is 27.6 Å². The number of fused-ring (bicyclic) bond motifs is 6.